The van der Waals surface area contributed by atoms with Gasteiger partial charge >= 0.3 is 0 Å². The lowest BCUT2D eigenvalue weighted by Crippen LogP contribution is -2.42. The second kappa shape index (κ2) is 6.02. The van der Waals surface area contributed by atoms with Crippen LogP contribution < -0.4 is 5.32 Å². The zero-order valence-corrected chi connectivity index (χ0v) is 12.5. The topological polar surface area (TPSA) is 21.3 Å². The van der Waals surface area contributed by atoms with E-state index >= 15 is 0 Å². The van der Waals surface area contributed by atoms with Crippen molar-refractivity contribution in [1.29, 1.82) is 0 Å². The Labute approximate surface area is 102 Å². The van der Waals surface area contributed by atoms with Gasteiger partial charge in [-0.2, -0.15) is 0 Å². The first-order valence-electron chi connectivity index (χ1n) is 6.40. The molecule has 2 heteroatoms. The van der Waals surface area contributed by atoms with E-state index in [9.17, 15) is 0 Å². The zero-order valence-electron chi connectivity index (χ0n) is 12.5. The maximum atomic E-state index is 5.88. The van der Waals surface area contributed by atoms with Gasteiger partial charge in [0.1, 0.15) is 0 Å². The largest absolute Gasteiger partial charge is 0.376 e. The molecule has 1 atom stereocenters. The third-order valence-electron chi connectivity index (χ3n) is 2.57. The summed E-state index contributed by atoms with van der Waals surface area (Å²) >= 11 is 0. The molecule has 98 valence electrons. The van der Waals surface area contributed by atoms with Gasteiger partial charge in [0.05, 0.1) is 12.2 Å². The molecule has 0 rings (SSSR count). The van der Waals surface area contributed by atoms with Crippen molar-refractivity contribution in [2.75, 3.05) is 13.2 Å². The summed E-state index contributed by atoms with van der Waals surface area (Å²) in [5.74, 6) is 1.23. The Hall–Kier alpha value is -0.0800. The predicted octanol–water partition coefficient (Wildman–Crippen LogP) is 3.46. The van der Waals surface area contributed by atoms with E-state index in [0.717, 1.165) is 13.2 Å². The molecule has 0 aromatic rings. The molecule has 0 amide bonds. The molecule has 0 fully saturated rings. The van der Waals surface area contributed by atoms with Crippen LogP contribution in [-0.4, -0.2) is 24.3 Å². The molecule has 0 aliphatic carbocycles. The first-order valence-corrected chi connectivity index (χ1v) is 6.40. The molecular formula is C14H31NO. The highest BCUT2D eigenvalue weighted by Crippen LogP contribution is 2.16. The summed E-state index contributed by atoms with van der Waals surface area (Å²) in [5, 5.41) is 3.56. The third kappa shape index (κ3) is 9.17. The Kier molecular flexibility index (Phi) is 5.99. The van der Waals surface area contributed by atoms with E-state index in [1.54, 1.807) is 0 Å². The maximum Gasteiger partial charge on any atom is 0.0598 e. The summed E-state index contributed by atoms with van der Waals surface area (Å²) in [6, 6.07) is 0. The van der Waals surface area contributed by atoms with Crippen LogP contribution in [0.5, 0.6) is 0 Å². The van der Waals surface area contributed by atoms with E-state index in [4.69, 9.17) is 4.74 Å². The first-order chi connectivity index (χ1) is 7.01. The lowest BCUT2D eigenvalue weighted by molar-refractivity contribution is -0.0300. The van der Waals surface area contributed by atoms with Crippen molar-refractivity contribution in [2.45, 2.75) is 66.5 Å². The Morgan fingerprint density at radius 2 is 1.50 bits per heavy atom. The molecule has 0 aromatic carbocycles. The predicted molar refractivity (Wildman–Crippen MR) is 71.8 cm³/mol. The lowest BCUT2D eigenvalue weighted by atomic mass is 9.95. The number of rotatable bonds is 5. The van der Waals surface area contributed by atoms with Crippen LogP contribution in [0.1, 0.15) is 55.4 Å². The highest BCUT2D eigenvalue weighted by Gasteiger charge is 2.20. The maximum absolute atomic E-state index is 5.88. The summed E-state index contributed by atoms with van der Waals surface area (Å²) < 4.78 is 5.88. The van der Waals surface area contributed by atoms with E-state index in [0.29, 0.717) is 11.8 Å². The molecule has 0 radical (unpaired) electrons. The van der Waals surface area contributed by atoms with Crippen molar-refractivity contribution in [3.8, 4) is 0 Å². The van der Waals surface area contributed by atoms with Gasteiger partial charge in [0.2, 0.25) is 0 Å². The minimum atomic E-state index is -0.0329. The van der Waals surface area contributed by atoms with Crippen LogP contribution in [0.15, 0.2) is 0 Å². The van der Waals surface area contributed by atoms with Crippen molar-refractivity contribution in [1.82, 2.24) is 5.32 Å². The van der Waals surface area contributed by atoms with Crippen LogP contribution in [0.25, 0.3) is 0 Å². The molecule has 0 heterocycles. The summed E-state index contributed by atoms with van der Waals surface area (Å²) in [4.78, 5) is 0. The minimum Gasteiger partial charge on any atom is -0.376 e. The normalized spacial score (nSPS) is 15.6. The molecule has 0 aliphatic heterocycles. The fourth-order valence-electron chi connectivity index (χ4n) is 1.28. The van der Waals surface area contributed by atoms with E-state index in [-0.39, 0.29) is 11.1 Å². The lowest BCUT2D eigenvalue weighted by Gasteiger charge is -2.30. The van der Waals surface area contributed by atoms with Gasteiger partial charge in [-0.05, 0) is 53.4 Å². The SMILES string of the molecule is CC(C)C(CNC(C)(C)C)COC(C)(C)C. The third-order valence-corrected chi connectivity index (χ3v) is 2.57. The number of ether oxygens (including phenoxy) is 1. The molecule has 0 aliphatic rings. The molecule has 16 heavy (non-hydrogen) atoms. The minimum absolute atomic E-state index is 0.0329. The Morgan fingerprint density at radius 3 is 1.81 bits per heavy atom. The van der Waals surface area contributed by atoms with E-state index in [1.807, 2.05) is 0 Å². The smallest absolute Gasteiger partial charge is 0.0598 e. The average molecular weight is 229 g/mol. The van der Waals surface area contributed by atoms with Crippen LogP contribution >= 0.6 is 0 Å². The fourth-order valence-corrected chi connectivity index (χ4v) is 1.28. The van der Waals surface area contributed by atoms with Gasteiger partial charge in [-0.15, -0.1) is 0 Å². The quantitative estimate of drug-likeness (QED) is 0.779. The van der Waals surface area contributed by atoms with Gasteiger partial charge < -0.3 is 10.1 Å². The van der Waals surface area contributed by atoms with Crippen LogP contribution in [0.3, 0.4) is 0 Å². The van der Waals surface area contributed by atoms with Crippen molar-refractivity contribution < 1.29 is 4.74 Å². The van der Waals surface area contributed by atoms with Crippen molar-refractivity contribution >= 4 is 0 Å². The molecule has 0 spiro atoms. The average Bonchev–Trinajstić information content (AvgIpc) is 1.98. The van der Waals surface area contributed by atoms with Gasteiger partial charge in [0.25, 0.3) is 0 Å². The molecule has 0 bridgehead atoms. The van der Waals surface area contributed by atoms with Gasteiger partial charge in [-0.25, -0.2) is 0 Å². The summed E-state index contributed by atoms with van der Waals surface area (Å²) in [7, 11) is 0. The molecule has 0 saturated heterocycles. The standard InChI is InChI=1S/C14H31NO/c1-11(2)12(9-15-13(3,4)5)10-16-14(6,7)8/h11-12,15H,9-10H2,1-8H3. The Morgan fingerprint density at radius 1 is 1.00 bits per heavy atom. The van der Waals surface area contributed by atoms with Gasteiger partial charge in [-0.1, -0.05) is 13.8 Å². The first kappa shape index (κ1) is 15.9. The number of hydrogen-bond acceptors (Lipinski definition) is 2. The summed E-state index contributed by atoms with van der Waals surface area (Å²) in [6.45, 7) is 19.3. The number of nitrogens with one attached hydrogen (secondary N) is 1. The highest BCUT2D eigenvalue weighted by atomic mass is 16.5. The molecular weight excluding hydrogens is 198 g/mol. The van der Waals surface area contributed by atoms with Crippen LogP contribution in [0.4, 0.5) is 0 Å². The van der Waals surface area contributed by atoms with Crippen LogP contribution in [-0.2, 0) is 4.74 Å². The van der Waals surface area contributed by atoms with E-state index < -0.39 is 0 Å². The molecule has 1 unspecified atom stereocenters. The van der Waals surface area contributed by atoms with Crippen LogP contribution in [0, 0.1) is 11.8 Å². The van der Waals surface area contributed by atoms with Gasteiger partial charge in [-0.3, -0.25) is 0 Å². The zero-order chi connectivity index (χ0) is 13.0. The molecule has 0 aromatic heterocycles. The van der Waals surface area contributed by atoms with Gasteiger partial charge in [0, 0.05) is 12.1 Å². The Balaban J connectivity index is 4.09. The summed E-state index contributed by atoms with van der Waals surface area (Å²) in [6.07, 6.45) is 0. The molecule has 0 saturated carbocycles. The highest BCUT2D eigenvalue weighted by molar-refractivity contribution is 4.75. The molecule has 1 N–H and O–H groups in total. The Bertz CT molecular complexity index is 168. The number of hydrogen-bond donors (Lipinski definition) is 1. The van der Waals surface area contributed by atoms with E-state index in [2.05, 4.69) is 60.7 Å². The second-order valence-electron chi connectivity index (χ2n) is 7.06. The van der Waals surface area contributed by atoms with Gasteiger partial charge in [0.15, 0.2) is 0 Å². The van der Waals surface area contributed by atoms with Crippen molar-refractivity contribution in [2.24, 2.45) is 11.8 Å². The summed E-state index contributed by atoms with van der Waals surface area (Å²) in [5.41, 5.74) is 0.156. The molecule has 2 nitrogen and oxygen atoms in total. The van der Waals surface area contributed by atoms with E-state index in [1.165, 1.54) is 0 Å². The van der Waals surface area contributed by atoms with Crippen molar-refractivity contribution in [3.05, 3.63) is 0 Å². The monoisotopic (exact) mass is 229 g/mol. The van der Waals surface area contributed by atoms with Crippen molar-refractivity contribution in [3.63, 3.8) is 0 Å². The van der Waals surface area contributed by atoms with Crippen LogP contribution in [0.2, 0.25) is 0 Å². The fraction of sp³-hybridized carbons (Fsp3) is 1.00. The second-order valence-corrected chi connectivity index (χ2v) is 7.06.